The molecule has 0 aliphatic heterocycles. The van der Waals surface area contributed by atoms with Crippen LogP contribution in [-0.4, -0.2) is 11.8 Å². The van der Waals surface area contributed by atoms with E-state index >= 15 is 0 Å². The van der Waals surface area contributed by atoms with Crippen LogP contribution in [0.3, 0.4) is 0 Å². The van der Waals surface area contributed by atoms with Crippen molar-refractivity contribution in [2.45, 2.75) is 26.3 Å². The van der Waals surface area contributed by atoms with Crippen LogP contribution in [0.1, 0.15) is 29.3 Å². The molecule has 2 N–H and O–H groups in total. The summed E-state index contributed by atoms with van der Waals surface area (Å²) < 4.78 is 26.8. The van der Waals surface area contributed by atoms with Crippen molar-refractivity contribution in [2.75, 3.05) is 0 Å². The number of Topliss-reactive ketones (excluding diaryl/α,β-unsaturated/α-hetero) is 1. The maximum absolute atomic E-state index is 13.5. The predicted molar refractivity (Wildman–Crippen MR) is 53.7 cm³/mol. The molecule has 1 aromatic rings. The molecule has 1 unspecified atom stereocenters. The summed E-state index contributed by atoms with van der Waals surface area (Å²) in [7, 11) is 0. The van der Waals surface area contributed by atoms with Gasteiger partial charge < -0.3 is 5.73 Å². The van der Waals surface area contributed by atoms with E-state index in [1.807, 2.05) is 0 Å². The van der Waals surface area contributed by atoms with Gasteiger partial charge in [-0.25, -0.2) is 8.78 Å². The lowest BCUT2D eigenvalue weighted by molar-refractivity contribution is 0.0951. The quantitative estimate of drug-likeness (QED) is 0.782. The summed E-state index contributed by atoms with van der Waals surface area (Å²) in [5.41, 5.74) is 5.17. The Labute approximate surface area is 87.1 Å². The predicted octanol–water partition coefficient (Wildman–Crippen LogP) is 2.19. The lowest BCUT2D eigenvalue weighted by Crippen LogP contribution is -2.31. The maximum atomic E-state index is 13.5. The number of rotatable bonds is 3. The molecule has 2 nitrogen and oxygen atoms in total. The molecule has 0 spiro atoms. The lowest BCUT2D eigenvalue weighted by atomic mass is 10.00. The van der Waals surface area contributed by atoms with Gasteiger partial charge in [0.15, 0.2) is 5.78 Å². The Morgan fingerprint density at radius 2 is 2.07 bits per heavy atom. The largest absolute Gasteiger partial charge is 0.321 e. The number of aryl methyl sites for hydroxylation is 1. The Bertz CT molecular complexity index is 390. The highest BCUT2D eigenvalue weighted by Gasteiger charge is 2.22. The number of ketones is 1. The number of hydrogen-bond donors (Lipinski definition) is 1. The lowest BCUT2D eigenvalue weighted by Gasteiger charge is -2.10. The highest BCUT2D eigenvalue weighted by Crippen LogP contribution is 2.18. The van der Waals surface area contributed by atoms with Crippen molar-refractivity contribution in [2.24, 2.45) is 5.73 Å². The van der Waals surface area contributed by atoms with Crippen molar-refractivity contribution < 1.29 is 13.6 Å². The van der Waals surface area contributed by atoms with E-state index in [2.05, 4.69) is 0 Å². The first kappa shape index (κ1) is 11.8. The van der Waals surface area contributed by atoms with Crippen LogP contribution in [-0.2, 0) is 0 Å². The topological polar surface area (TPSA) is 43.1 Å². The Kier molecular flexibility index (Phi) is 3.52. The van der Waals surface area contributed by atoms with Crippen molar-refractivity contribution in [3.8, 4) is 0 Å². The number of carbonyl (C=O) groups excluding carboxylic acids is 1. The van der Waals surface area contributed by atoms with E-state index in [9.17, 15) is 13.6 Å². The summed E-state index contributed by atoms with van der Waals surface area (Å²) in [6.07, 6.45) is 0.353. The number of nitrogens with two attached hydrogens (primary N) is 1. The van der Waals surface area contributed by atoms with E-state index in [0.29, 0.717) is 6.42 Å². The van der Waals surface area contributed by atoms with E-state index in [1.54, 1.807) is 6.92 Å². The average Bonchev–Trinajstić information content (AvgIpc) is 2.22. The minimum Gasteiger partial charge on any atom is -0.321 e. The zero-order valence-electron chi connectivity index (χ0n) is 8.68. The SMILES string of the molecule is CCC(N)C(=O)c1c(F)ccc(C)c1F. The smallest absolute Gasteiger partial charge is 0.185 e. The second-order valence-corrected chi connectivity index (χ2v) is 3.43. The van der Waals surface area contributed by atoms with Crippen molar-refractivity contribution in [1.82, 2.24) is 0 Å². The number of benzene rings is 1. The summed E-state index contributed by atoms with van der Waals surface area (Å²) in [5, 5.41) is 0. The highest BCUT2D eigenvalue weighted by atomic mass is 19.1. The van der Waals surface area contributed by atoms with Crippen LogP contribution in [0.5, 0.6) is 0 Å². The molecule has 0 saturated carbocycles. The third-order valence-corrected chi connectivity index (χ3v) is 2.31. The van der Waals surface area contributed by atoms with E-state index < -0.39 is 29.0 Å². The van der Waals surface area contributed by atoms with Gasteiger partial charge in [0.05, 0.1) is 11.6 Å². The van der Waals surface area contributed by atoms with Gasteiger partial charge >= 0.3 is 0 Å². The van der Waals surface area contributed by atoms with Gasteiger partial charge in [-0.15, -0.1) is 0 Å². The van der Waals surface area contributed by atoms with Crippen LogP contribution in [0.25, 0.3) is 0 Å². The maximum Gasteiger partial charge on any atom is 0.185 e. The van der Waals surface area contributed by atoms with Crippen molar-refractivity contribution in [1.29, 1.82) is 0 Å². The summed E-state index contributed by atoms with van der Waals surface area (Å²) in [5.74, 6) is -2.35. The Balaban J connectivity index is 3.24. The first-order valence-electron chi connectivity index (χ1n) is 4.73. The van der Waals surface area contributed by atoms with E-state index in [-0.39, 0.29) is 5.56 Å². The number of carbonyl (C=O) groups is 1. The molecule has 15 heavy (non-hydrogen) atoms. The van der Waals surface area contributed by atoms with Gasteiger partial charge in [0.25, 0.3) is 0 Å². The molecule has 0 fully saturated rings. The van der Waals surface area contributed by atoms with Gasteiger partial charge in [0, 0.05) is 0 Å². The van der Waals surface area contributed by atoms with Gasteiger partial charge in [-0.05, 0) is 25.0 Å². The fourth-order valence-corrected chi connectivity index (χ4v) is 1.25. The molecule has 0 aliphatic carbocycles. The van der Waals surface area contributed by atoms with Crippen LogP contribution in [0.2, 0.25) is 0 Å². The molecule has 4 heteroatoms. The van der Waals surface area contributed by atoms with Crippen molar-refractivity contribution in [3.05, 3.63) is 34.9 Å². The molecule has 0 aliphatic rings. The molecule has 82 valence electrons. The van der Waals surface area contributed by atoms with Gasteiger partial charge in [-0.3, -0.25) is 4.79 Å². The number of halogens is 2. The van der Waals surface area contributed by atoms with Gasteiger partial charge in [-0.1, -0.05) is 13.0 Å². The molecule has 1 atom stereocenters. The second-order valence-electron chi connectivity index (χ2n) is 3.43. The first-order valence-corrected chi connectivity index (χ1v) is 4.73. The summed E-state index contributed by atoms with van der Waals surface area (Å²) in [4.78, 5) is 11.6. The van der Waals surface area contributed by atoms with Crippen LogP contribution >= 0.6 is 0 Å². The summed E-state index contributed by atoms with van der Waals surface area (Å²) >= 11 is 0. The summed E-state index contributed by atoms with van der Waals surface area (Å²) in [6, 6.07) is 1.52. The van der Waals surface area contributed by atoms with Crippen LogP contribution in [0.15, 0.2) is 12.1 Å². The van der Waals surface area contributed by atoms with E-state index in [0.717, 1.165) is 6.07 Å². The molecular formula is C11H13F2NO. The van der Waals surface area contributed by atoms with Gasteiger partial charge in [-0.2, -0.15) is 0 Å². The van der Waals surface area contributed by atoms with Crippen LogP contribution in [0, 0.1) is 18.6 Å². The number of hydrogen-bond acceptors (Lipinski definition) is 2. The second kappa shape index (κ2) is 4.49. The third kappa shape index (κ3) is 2.21. The highest BCUT2D eigenvalue weighted by molar-refractivity contribution is 6.00. The normalized spacial score (nSPS) is 12.6. The zero-order chi connectivity index (χ0) is 11.6. The average molecular weight is 213 g/mol. The fourth-order valence-electron chi connectivity index (χ4n) is 1.25. The third-order valence-electron chi connectivity index (χ3n) is 2.31. The van der Waals surface area contributed by atoms with Crippen molar-refractivity contribution >= 4 is 5.78 Å². The standard InChI is InChI=1S/C11H13F2NO/c1-3-8(14)11(15)9-7(12)5-4-6(2)10(9)13/h4-5,8H,3,14H2,1-2H3. The summed E-state index contributed by atoms with van der Waals surface area (Å²) in [6.45, 7) is 3.16. The van der Waals surface area contributed by atoms with Crippen LogP contribution < -0.4 is 5.73 Å². The monoisotopic (exact) mass is 213 g/mol. The van der Waals surface area contributed by atoms with E-state index in [4.69, 9.17) is 5.73 Å². The molecule has 1 aromatic carbocycles. The Hall–Kier alpha value is -1.29. The minimum absolute atomic E-state index is 0.239. The van der Waals surface area contributed by atoms with Crippen LogP contribution in [0.4, 0.5) is 8.78 Å². The molecule has 0 saturated heterocycles. The Morgan fingerprint density at radius 1 is 1.47 bits per heavy atom. The minimum atomic E-state index is -0.855. The molecular weight excluding hydrogens is 200 g/mol. The molecule has 0 aromatic heterocycles. The van der Waals surface area contributed by atoms with Crippen molar-refractivity contribution in [3.63, 3.8) is 0 Å². The Morgan fingerprint density at radius 3 is 2.60 bits per heavy atom. The fraction of sp³-hybridized carbons (Fsp3) is 0.364. The van der Waals surface area contributed by atoms with Gasteiger partial charge in [0.1, 0.15) is 11.6 Å². The molecule has 0 bridgehead atoms. The van der Waals surface area contributed by atoms with Gasteiger partial charge in [0.2, 0.25) is 0 Å². The van der Waals surface area contributed by atoms with E-state index in [1.165, 1.54) is 13.0 Å². The molecule has 1 rings (SSSR count). The first-order chi connectivity index (χ1) is 6.99. The molecule has 0 heterocycles. The molecule has 0 amide bonds. The zero-order valence-corrected chi connectivity index (χ0v) is 8.68. The molecule has 0 radical (unpaired) electrons.